The van der Waals surface area contributed by atoms with Crippen molar-refractivity contribution in [1.29, 1.82) is 0 Å². The summed E-state index contributed by atoms with van der Waals surface area (Å²) >= 11 is 0. The number of hydrogen-bond acceptors (Lipinski definition) is 4. The van der Waals surface area contributed by atoms with Gasteiger partial charge in [0.15, 0.2) is 0 Å². The van der Waals surface area contributed by atoms with E-state index in [9.17, 15) is 0 Å². The minimum atomic E-state index is -0.401. The Morgan fingerprint density at radius 2 is 2.31 bits per heavy atom. The number of aryl methyl sites for hydroxylation is 1. The molecule has 0 aliphatic rings. The molecule has 0 aliphatic carbocycles. The largest absolute Gasteiger partial charge is 0.396 e. The van der Waals surface area contributed by atoms with E-state index in [2.05, 4.69) is 10.3 Å². The van der Waals surface area contributed by atoms with Crippen LogP contribution in [0.1, 0.15) is 12.6 Å². The normalized spacial score (nSPS) is 12.5. The summed E-state index contributed by atoms with van der Waals surface area (Å²) in [7, 11) is 0. The average molecular weight is 181 g/mol. The van der Waals surface area contributed by atoms with Crippen LogP contribution in [0, 0.1) is 6.92 Å². The van der Waals surface area contributed by atoms with Gasteiger partial charge < -0.3 is 16.2 Å². The first-order valence-corrected chi connectivity index (χ1v) is 4.24. The summed E-state index contributed by atoms with van der Waals surface area (Å²) in [5.41, 5.74) is 7.18. The molecule has 0 aromatic carbocycles. The van der Waals surface area contributed by atoms with Crippen molar-refractivity contribution in [2.75, 3.05) is 17.6 Å². The van der Waals surface area contributed by atoms with Crippen LogP contribution < -0.4 is 11.1 Å². The SMILES string of the molecule is Cc1ccc(N)c(NCC(C)O)n1. The third-order valence-corrected chi connectivity index (χ3v) is 1.63. The molecule has 13 heavy (non-hydrogen) atoms. The number of anilines is 2. The number of aliphatic hydroxyl groups is 1. The molecule has 4 N–H and O–H groups in total. The zero-order chi connectivity index (χ0) is 9.84. The Bertz CT molecular complexity index is 286. The van der Waals surface area contributed by atoms with Crippen molar-refractivity contribution in [1.82, 2.24) is 4.98 Å². The van der Waals surface area contributed by atoms with Gasteiger partial charge in [0.1, 0.15) is 5.82 Å². The summed E-state index contributed by atoms with van der Waals surface area (Å²) in [6, 6.07) is 3.65. The zero-order valence-corrected chi connectivity index (χ0v) is 7.91. The Morgan fingerprint density at radius 3 is 2.92 bits per heavy atom. The Morgan fingerprint density at radius 1 is 1.62 bits per heavy atom. The highest BCUT2D eigenvalue weighted by atomic mass is 16.3. The Kier molecular flexibility index (Phi) is 3.08. The van der Waals surface area contributed by atoms with Crippen LogP contribution in [0.25, 0.3) is 0 Å². The smallest absolute Gasteiger partial charge is 0.149 e. The number of nitrogens with one attached hydrogen (secondary N) is 1. The molecule has 1 heterocycles. The van der Waals surface area contributed by atoms with E-state index in [0.29, 0.717) is 18.1 Å². The molecule has 1 aromatic heterocycles. The highest BCUT2D eigenvalue weighted by Crippen LogP contribution is 2.14. The van der Waals surface area contributed by atoms with E-state index in [1.165, 1.54) is 0 Å². The number of aliphatic hydroxyl groups excluding tert-OH is 1. The number of nitrogens with zero attached hydrogens (tertiary/aromatic N) is 1. The van der Waals surface area contributed by atoms with Gasteiger partial charge in [0.25, 0.3) is 0 Å². The van der Waals surface area contributed by atoms with Crippen LogP contribution in [-0.2, 0) is 0 Å². The molecule has 1 aromatic rings. The number of aromatic nitrogens is 1. The molecule has 1 rings (SSSR count). The predicted octanol–water partition coefficient (Wildman–Crippen LogP) is 0.765. The summed E-state index contributed by atoms with van der Waals surface area (Å²) < 4.78 is 0. The first kappa shape index (κ1) is 9.80. The molecule has 4 nitrogen and oxygen atoms in total. The third kappa shape index (κ3) is 2.91. The fourth-order valence-electron chi connectivity index (χ4n) is 0.953. The first-order chi connectivity index (χ1) is 6.09. The molecule has 1 unspecified atom stereocenters. The maximum Gasteiger partial charge on any atom is 0.149 e. The molecule has 0 saturated carbocycles. The van der Waals surface area contributed by atoms with Crippen LogP contribution >= 0.6 is 0 Å². The maximum atomic E-state index is 9.04. The standard InChI is InChI=1S/C9H15N3O/c1-6-3-4-8(10)9(12-6)11-5-7(2)13/h3-4,7,13H,5,10H2,1-2H3,(H,11,12). The summed E-state index contributed by atoms with van der Waals surface area (Å²) in [6.07, 6.45) is -0.401. The van der Waals surface area contributed by atoms with Gasteiger partial charge >= 0.3 is 0 Å². The second-order valence-electron chi connectivity index (χ2n) is 3.12. The lowest BCUT2D eigenvalue weighted by Crippen LogP contribution is -2.17. The number of hydrogen-bond donors (Lipinski definition) is 3. The average Bonchev–Trinajstić information content (AvgIpc) is 2.06. The third-order valence-electron chi connectivity index (χ3n) is 1.63. The van der Waals surface area contributed by atoms with Crippen LogP contribution in [-0.4, -0.2) is 22.7 Å². The van der Waals surface area contributed by atoms with Crippen LogP contribution in [0.2, 0.25) is 0 Å². The van der Waals surface area contributed by atoms with Crippen molar-refractivity contribution < 1.29 is 5.11 Å². The summed E-state index contributed by atoms with van der Waals surface area (Å²) in [5, 5.41) is 12.0. The van der Waals surface area contributed by atoms with Gasteiger partial charge in [-0.15, -0.1) is 0 Å². The molecular formula is C9H15N3O. The summed E-state index contributed by atoms with van der Waals surface area (Å²) in [4.78, 5) is 4.20. The molecule has 0 amide bonds. The summed E-state index contributed by atoms with van der Waals surface area (Å²) in [6.45, 7) is 4.06. The molecule has 0 aliphatic heterocycles. The van der Waals surface area contributed by atoms with Crippen molar-refractivity contribution in [2.45, 2.75) is 20.0 Å². The molecular weight excluding hydrogens is 166 g/mol. The predicted molar refractivity (Wildman–Crippen MR) is 53.6 cm³/mol. The van der Waals surface area contributed by atoms with E-state index >= 15 is 0 Å². The zero-order valence-electron chi connectivity index (χ0n) is 7.91. The van der Waals surface area contributed by atoms with Crippen molar-refractivity contribution in [3.63, 3.8) is 0 Å². The molecule has 0 fully saturated rings. The summed E-state index contributed by atoms with van der Waals surface area (Å²) in [5.74, 6) is 0.640. The van der Waals surface area contributed by atoms with Crippen LogP contribution in [0.15, 0.2) is 12.1 Å². The molecule has 0 bridgehead atoms. The fraction of sp³-hybridized carbons (Fsp3) is 0.444. The minimum Gasteiger partial charge on any atom is -0.396 e. The topological polar surface area (TPSA) is 71.2 Å². The van der Waals surface area contributed by atoms with Crippen molar-refractivity contribution in [3.05, 3.63) is 17.8 Å². The van der Waals surface area contributed by atoms with Crippen LogP contribution in [0.5, 0.6) is 0 Å². The lowest BCUT2D eigenvalue weighted by atomic mass is 10.3. The molecule has 0 radical (unpaired) electrons. The van der Waals surface area contributed by atoms with Gasteiger partial charge in [0, 0.05) is 12.2 Å². The van der Waals surface area contributed by atoms with Gasteiger partial charge in [-0.1, -0.05) is 0 Å². The number of rotatable bonds is 3. The number of nitrogens with two attached hydrogens (primary N) is 1. The molecule has 4 heteroatoms. The van der Waals surface area contributed by atoms with Gasteiger partial charge in [0.05, 0.1) is 11.8 Å². The lowest BCUT2D eigenvalue weighted by molar-refractivity contribution is 0.208. The van der Waals surface area contributed by atoms with E-state index in [0.717, 1.165) is 5.69 Å². The quantitative estimate of drug-likeness (QED) is 0.644. The van der Waals surface area contributed by atoms with Crippen LogP contribution in [0.3, 0.4) is 0 Å². The minimum absolute atomic E-state index is 0.401. The number of pyridine rings is 1. The fourth-order valence-corrected chi connectivity index (χ4v) is 0.953. The molecule has 0 saturated heterocycles. The van der Waals surface area contributed by atoms with Gasteiger partial charge in [-0.25, -0.2) is 4.98 Å². The highest BCUT2D eigenvalue weighted by Gasteiger charge is 2.01. The van der Waals surface area contributed by atoms with E-state index in [1.54, 1.807) is 13.0 Å². The van der Waals surface area contributed by atoms with Gasteiger partial charge in [-0.2, -0.15) is 0 Å². The van der Waals surface area contributed by atoms with E-state index in [4.69, 9.17) is 10.8 Å². The molecule has 1 atom stereocenters. The van der Waals surface area contributed by atoms with Gasteiger partial charge in [-0.05, 0) is 26.0 Å². The van der Waals surface area contributed by atoms with Crippen LogP contribution in [0.4, 0.5) is 11.5 Å². The van der Waals surface area contributed by atoms with E-state index in [-0.39, 0.29) is 0 Å². The Balaban J connectivity index is 2.70. The van der Waals surface area contributed by atoms with E-state index < -0.39 is 6.10 Å². The highest BCUT2D eigenvalue weighted by molar-refractivity contribution is 5.61. The van der Waals surface area contributed by atoms with Gasteiger partial charge in [-0.3, -0.25) is 0 Å². The second kappa shape index (κ2) is 4.09. The Labute approximate surface area is 77.8 Å². The molecule has 72 valence electrons. The van der Waals surface area contributed by atoms with E-state index in [1.807, 2.05) is 13.0 Å². The second-order valence-corrected chi connectivity index (χ2v) is 3.12. The van der Waals surface area contributed by atoms with Crippen molar-refractivity contribution in [3.8, 4) is 0 Å². The molecule has 0 spiro atoms. The maximum absolute atomic E-state index is 9.04. The monoisotopic (exact) mass is 181 g/mol. The Hall–Kier alpha value is -1.29. The lowest BCUT2D eigenvalue weighted by Gasteiger charge is -2.10. The first-order valence-electron chi connectivity index (χ1n) is 4.24. The van der Waals surface area contributed by atoms with Crippen molar-refractivity contribution in [2.24, 2.45) is 0 Å². The van der Waals surface area contributed by atoms with Gasteiger partial charge in [0.2, 0.25) is 0 Å². The number of nitrogen functional groups attached to an aromatic ring is 1. The van der Waals surface area contributed by atoms with Crippen molar-refractivity contribution >= 4 is 11.5 Å².